The van der Waals surface area contributed by atoms with Gasteiger partial charge >= 0.3 is 0 Å². The molecule has 1 fully saturated rings. The molecule has 18 heavy (non-hydrogen) atoms. The zero-order valence-corrected chi connectivity index (χ0v) is 9.21. The zero-order valence-electron chi connectivity index (χ0n) is 9.21. The monoisotopic (exact) mass is 253 g/mol. The lowest BCUT2D eigenvalue weighted by Crippen LogP contribution is -2.65. The summed E-state index contributed by atoms with van der Waals surface area (Å²) in [7, 11) is 0. The third-order valence-electron chi connectivity index (χ3n) is 2.70. The summed E-state index contributed by atoms with van der Waals surface area (Å²) in [6.07, 6.45) is 0. The molecule has 0 spiro atoms. The minimum atomic E-state index is -1.53. The van der Waals surface area contributed by atoms with E-state index in [1.165, 1.54) is 0 Å². The fraction of sp³-hybridized carbons (Fsp3) is 0.300. The Balaban J connectivity index is 2.20. The van der Waals surface area contributed by atoms with Gasteiger partial charge in [0.05, 0.1) is 10.6 Å². The molecule has 4 N–H and O–H groups in total. The number of phenols is 1. The topological polar surface area (TPSA) is 125 Å². The number of β-amino-alcohol motifs (C(OH)–C–C–N with tert-alkyl or cyclic N) is 1. The first-order valence-corrected chi connectivity index (χ1v) is 5.14. The first-order valence-electron chi connectivity index (χ1n) is 5.14. The van der Waals surface area contributed by atoms with Gasteiger partial charge in [-0.1, -0.05) is 0 Å². The lowest BCUT2D eigenvalue weighted by molar-refractivity contribution is -0.384. The van der Waals surface area contributed by atoms with Gasteiger partial charge in [0.25, 0.3) is 11.6 Å². The molecule has 0 saturated carbocycles. The van der Waals surface area contributed by atoms with Crippen molar-refractivity contribution in [3.05, 3.63) is 28.3 Å². The number of nitrogens with one attached hydrogen (secondary N) is 2. The Bertz CT molecular complexity index is 512. The predicted octanol–water partition coefficient (Wildman–Crippen LogP) is -0.427. The molecule has 0 radical (unpaired) electrons. The first kappa shape index (κ1) is 12.3. The average molecular weight is 253 g/mol. The standard InChI is InChI=1S/C10H11N3O5/c14-8-2-1-6(13(17)18)3-7(8)12-9(15)10(16)4-11-5-10/h1-3,11,14,16H,4-5H2,(H,12,15). The van der Waals surface area contributed by atoms with Crippen LogP contribution < -0.4 is 10.6 Å². The van der Waals surface area contributed by atoms with E-state index in [4.69, 9.17) is 0 Å². The van der Waals surface area contributed by atoms with E-state index in [1.807, 2.05) is 0 Å². The molecular formula is C10H11N3O5. The van der Waals surface area contributed by atoms with Gasteiger partial charge < -0.3 is 20.8 Å². The summed E-state index contributed by atoms with van der Waals surface area (Å²) in [6, 6.07) is 3.25. The van der Waals surface area contributed by atoms with Crippen molar-refractivity contribution < 1.29 is 19.9 Å². The minimum absolute atomic E-state index is 0.102. The molecule has 8 nitrogen and oxygen atoms in total. The van der Waals surface area contributed by atoms with E-state index in [1.54, 1.807) is 0 Å². The maximum absolute atomic E-state index is 11.7. The van der Waals surface area contributed by atoms with Gasteiger partial charge in [-0.25, -0.2) is 0 Å². The van der Waals surface area contributed by atoms with Crippen molar-refractivity contribution in [1.82, 2.24) is 5.32 Å². The van der Waals surface area contributed by atoms with Crippen molar-refractivity contribution in [2.45, 2.75) is 5.60 Å². The Kier molecular flexibility index (Phi) is 2.89. The molecule has 2 rings (SSSR count). The number of rotatable bonds is 3. The van der Waals surface area contributed by atoms with Crippen LogP contribution in [0.4, 0.5) is 11.4 Å². The Hall–Kier alpha value is -2.19. The second-order valence-electron chi connectivity index (χ2n) is 4.05. The third-order valence-corrected chi connectivity index (χ3v) is 2.70. The van der Waals surface area contributed by atoms with E-state index in [0.717, 1.165) is 18.2 Å². The van der Waals surface area contributed by atoms with Gasteiger partial charge in [-0.05, 0) is 6.07 Å². The van der Waals surface area contributed by atoms with Crippen molar-refractivity contribution in [3.63, 3.8) is 0 Å². The van der Waals surface area contributed by atoms with Gasteiger partial charge in [0.15, 0.2) is 5.60 Å². The molecule has 1 saturated heterocycles. The molecule has 1 aliphatic heterocycles. The van der Waals surface area contributed by atoms with Crippen LogP contribution in [0, 0.1) is 10.1 Å². The van der Waals surface area contributed by atoms with Crippen LogP contribution in [0.15, 0.2) is 18.2 Å². The number of carbonyl (C=O) groups excluding carboxylic acids is 1. The molecule has 0 aromatic heterocycles. The lowest BCUT2D eigenvalue weighted by Gasteiger charge is -2.35. The zero-order chi connectivity index (χ0) is 13.3. The molecule has 1 aliphatic rings. The van der Waals surface area contributed by atoms with Crippen molar-refractivity contribution in [2.24, 2.45) is 0 Å². The lowest BCUT2D eigenvalue weighted by atomic mass is 9.96. The van der Waals surface area contributed by atoms with Crippen molar-refractivity contribution in [1.29, 1.82) is 0 Å². The van der Waals surface area contributed by atoms with Crippen molar-refractivity contribution >= 4 is 17.3 Å². The van der Waals surface area contributed by atoms with Crippen LogP contribution in [-0.2, 0) is 4.79 Å². The van der Waals surface area contributed by atoms with E-state index in [0.29, 0.717) is 0 Å². The first-order chi connectivity index (χ1) is 8.42. The van der Waals surface area contributed by atoms with Gasteiger partial charge in [-0.15, -0.1) is 0 Å². The Morgan fingerprint density at radius 3 is 2.67 bits per heavy atom. The number of aromatic hydroxyl groups is 1. The number of hydrogen-bond donors (Lipinski definition) is 4. The predicted molar refractivity (Wildman–Crippen MR) is 61.2 cm³/mol. The number of anilines is 1. The maximum Gasteiger partial charge on any atom is 0.271 e. The summed E-state index contributed by atoms with van der Waals surface area (Å²) < 4.78 is 0. The number of carbonyl (C=O) groups is 1. The van der Waals surface area contributed by atoms with Gasteiger partial charge in [0.2, 0.25) is 0 Å². The normalized spacial score (nSPS) is 16.7. The Morgan fingerprint density at radius 2 is 2.17 bits per heavy atom. The average Bonchev–Trinajstić information content (AvgIpc) is 2.28. The summed E-state index contributed by atoms with van der Waals surface area (Å²) in [5.74, 6) is -1.01. The van der Waals surface area contributed by atoms with Crippen LogP contribution in [0.5, 0.6) is 5.75 Å². The van der Waals surface area contributed by atoms with E-state index in [2.05, 4.69) is 10.6 Å². The highest BCUT2D eigenvalue weighted by Crippen LogP contribution is 2.28. The smallest absolute Gasteiger partial charge is 0.271 e. The molecule has 8 heteroatoms. The molecule has 0 unspecified atom stereocenters. The fourth-order valence-electron chi connectivity index (χ4n) is 1.50. The van der Waals surface area contributed by atoms with Crippen LogP contribution in [0.2, 0.25) is 0 Å². The van der Waals surface area contributed by atoms with E-state index < -0.39 is 16.4 Å². The highest BCUT2D eigenvalue weighted by atomic mass is 16.6. The van der Waals surface area contributed by atoms with E-state index >= 15 is 0 Å². The fourth-order valence-corrected chi connectivity index (χ4v) is 1.50. The number of amides is 1. The van der Waals surface area contributed by atoms with E-state index in [-0.39, 0.29) is 30.2 Å². The third kappa shape index (κ3) is 2.11. The Morgan fingerprint density at radius 1 is 1.50 bits per heavy atom. The minimum Gasteiger partial charge on any atom is -0.506 e. The SMILES string of the molecule is O=C(Nc1cc([N+](=O)[O-])ccc1O)C1(O)CNC1. The number of benzene rings is 1. The highest BCUT2D eigenvalue weighted by molar-refractivity contribution is 5.99. The molecule has 1 aromatic rings. The van der Waals surface area contributed by atoms with Crippen LogP contribution in [-0.4, -0.2) is 39.7 Å². The van der Waals surface area contributed by atoms with Gasteiger partial charge in [-0.3, -0.25) is 14.9 Å². The quantitative estimate of drug-likeness (QED) is 0.329. The molecule has 0 atom stereocenters. The number of nitrogens with zero attached hydrogens (tertiary/aromatic N) is 1. The van der Waals surface area contributed by atoms with E-state index in [9.17, 15) is 25.1 Å². The highest BCUT2D eigenvalue weighted by Gasteiger charge is 2.42. The van der Waals surface area contributed by atoms with Crippen LogP contribution in [0.3, 0.4) is 0 Å². The number of hydrogen-bond acceptors (Lipinski definition) is 6. The summed E-state index contributed by atoms with van der Waals surface area (Å²) in [5.41, 5.74) is -1.90. The summed E-state index contributed by atoms with van der Waals surface area (Å²) >= 11 is 0. The van der Waals surface area contributed by atoms with Crippen LogP contribution in [0.1, 0.15) is 0 Å². The molecule has 1 aromatic carbocycles. The molecule has 0 bridgehead atoms. The van der Waals surface area contributed by atoms with Crippen molar-refractivity contribution in [2.75, 3.05) is 18.4 Å². The number of nitro groups is 1. The van der Waals surface area contributed by atoms with Gasteiger partial charge in [-0.2, -0.15) is 0 Å². The molecule has 96 valence electrons. The summed E-state index contributed by atoms with van der Waals surface area (Å²) in [4.78, 5) is 21.6. The van der Waals surface area contributed by atoms with Crippen LogP contribution in [0.25, 0.3) is 0 Å². The maximum atomic E-state index is 11.7. The molecular weight excluding hydrogens is 242 g/mol. The second kappa shape index (κ2) is 4.24. The van der Waals surface area contributed by atoms with Gasteiger partial charge in [0.1, 0.15) is 5.75 Å². The second-order valence-corrected chi connectivity index (χ2v) is 4.05. The number of non-ortho nitro benzene ring substituents is 1. The largest absolute Gasteiger partial charge is 0.506 e. The molecule has 1 heterocycles. The summed E-state index contributed by atoms with van der Waals surface area (Å²) in [5, 5.41) is 34.8. The number of aliphatic hydroxyl groups is 1. The molecule has 1 amide bonds. The number of phenolic OH excluding ortho intramolecular Hbond substituents is 1. The summed E-state index contributed by atoms with van der Waals surface area (Å²) in [6.45, 7) is 0.211. The molecule has 0 aliphatic carbocycles. The van der Waals surface area contributed by atoms with Gasteiger partial charge in [0, 0.05) is 25.2 Å². The Labute approximate surface area is 101 Å². The van der Waals surface area contributed by atoms with Crippen molar-refractivity contribution in [3.8, 4) is 5.75 Å². The number of nitro benzene ring substituents is 1. The van der Waals surface area contributed by atoms with Crippen LogP contribution >= 0.6 is 0 Å².